The van der Waals surface area contributed by atoms with Gasteiger partial charge >= 0.3 is 0 Å². The summed E-state index contributed by atoms with van der Waals surface area (Å²) in [4.78, 5) is 27.4. The molecule has 1 saturated carbocycles. The van der Waals surface area contributed by atoms with Crippen molar-refractivity contribution >= 4 is 39.1 Å². The van der Waals surface area contributed by atoms with Crippen molar-refractivity contribution in [2.24, 2.45) is 5.92 Å². The molecule has 2 atom stereocenters. The van der Waals surface area contributed by atoms with Crippen LogP contribution in [0.4, 0.5) is 0 Å². The highest BCUT2D eigenvalue weighted by atomic mass is 79.9. The molecule has 1 aromatic heterocycles. The molecule has 1 aliphatic heterocycles. The van der Waals surface area contributed by atoms with Gasteiger partial charge in [0.15, 0.2) is 0 Å². The summed E-state index contributed by atoms with van der Waals surface area (Å²) >= 11 is 5.10. The molecule has 0 radical (unpaired) electrons. The third kappa shape index (κ3) is 2.43. The Hall–Kier alpha value is -0.880. The van der Waals surface area contributed by atoms with E-state index in [1.165, 1.54) is 0 Å². The Morgan fingerprint density at radius 1 is 1.47 bits per heavy atom. The van der Waals surface area contributed by atoms with Gasteiger partial charge in [0.2, 0.25) is 11.8 Å². The molecule has 0 bridgehead atoms. The third-order valence-corrected chi connectivity index (χ3v) is 5.60. The van der Waals surface area contributed by atoms with Crippen LogP contribution in [-0.2, 0) is 16.1 Å². The first-order valence-corrected chi connectivity index (χ1v) is 8.08. The van der Waals surface area contributed by atoms with Gasteiger partial charge in [-0.15, -0.1) is 11.3 Å². The molecule has 2 heterocycles. The topological polar surface area (TPSA) is 49.4 Å². The fourth-order valence-electron chi connectivity index (χ4n) is 2.54. The average Bonchev–Trinajstić information content (AvgIpc) is 3.11. The van der Waals surface area contributed by atoms with Gasteiger partial charge in [0.25, 0.3) is 0 Å². The van der Waals surface area contributed by atoms with Crippen LogP contribution in [-0.4, -0.2) is 28.8 Å². The summed E-state index contributed by atoms with van der Waals surface area (Å²) in [5, 5.41) is 4.78. The van der Waals surface area contributed by atoms with Crippen molar-refractivity contribution in [1.29, 1.82) is 0 Å². The Kier molecular flexibility index (Phi) is 3.39. The number of rotatable bonds is 3. The van der Waals surface area contributed by atoms with E-state index in [2.05, 4.69) is 21.2 Å². The van der Waals surface area contributed by atoms with Crippen molar-refractivity contribution in [3.05, 3.63) is 20.8 Å². The van der Waals surface area contributed by atoms with Crippen LogP contribution in [0.3, 0.4) is 0 Å². The van der Waals surface area contributed by atoms with E-state index < -0.39 is 6.04 Å². The highest BCUT2D eigenvalue weighted by molar-refractivity contribution is 9.10. The van der Waals surface area contributed by atoms with Crippen molar-refractivity contribution in [3.8, 4) is 0 Å². The molecule has 1 aromatic rings. The second-order valence-electron chi connectivity index (χ2n) is 5.17. The van der Waals surface area contributed by atoms with Gasteiger partial charge in [-0.2, -0.15) is 0 Å². The summed E-state index contributed by atoms with van der Waals surface area (Å²) in [6.45, 7) is 2.27. The zero-order valence-electron chi connectivity index (χ0n) is 10.6. The largest absolute Gasteiger partial charge is 0.343 e. The van der Waals surface area contributed by atoms with Crippen LogP contribution in [0.1, 0.15) is 24.6 Å². The number of hydrogen-bond donors (Lipinski definition) is 1. The predicted molar refractivity (Wildman–Crippen MR) is 76.7 cm³/mol. The Bertz CT molecular complexity index is 526. The lowest BCUT2D eigenvalue weighted by molar-refractivity contribution is -0.150. The van der Waals surface area contributed by atoms with E-state index >= 15 is 0 Å². The minimum atomic E-state index is -0.416. The Labute approximate surface area is 124 Å². The van der Waals surface area contributed by atoms with Crippen LogP contribution in [0.5, 0.6) is 0 Å². The smallest absolute Gasteiger partial charge is 0.245 e. The molecule has 2 aliphatic rings. The second kappa shape index (κ2) is 4.90. The number of nitrogens with zero attached hydrogens (tertiary/aromatic N) is 1. The molecule has 0 spiro atoms. The first-order valence-electron chi connectivity index (χ1n) is 6.40. The summed E-state index contributed by atoms with van der Waals surface area (Å²) in [6, 6.07) is 1.28. The number of thiophene rings is 1. The molecule has 1 saturated heterocycles. The third-order valence-electron chi connectivity index (χ3n) is 3.69. The van der Waals surface area contributed by atoms with Crippen LogP contribution in [0.2, 0.25) is 0 Å². The Morgan fingerprint density at radius 2 is 2.21 bits per heavy atom. The highest BCUT2D eigenvalue weighted by Gasteiger charge is 2.46. The minimum Gasteiger partial charge on any atom is -0.343 e. The maximum Gasteiger partial charge on any atom is 0.245 e. The van der Waals surface area contributed by atoms with E-state index in [0.29, 0.717) is 12.5 Å². The van der Waals surface area contributed by atoms with Gasteiger partial charge in [-0.25, -0.2) is 0 Å². The lowest BCUT2D eigenvalue weighted by Crippen LogP contribution is -2.62. The molecular weight excluding hydrogens is 328 g/mol. The second-order valence-corrected chi connectivity index (χ2v) is 7.03. The highest BCUT2D eigenvalue weighted by Crippen LogP contribution is 2.38. The quantitative estimate of drug-likeness (QED) is 0.914. The minimum absolute atomic E-state index is 0.00211. The maximum absolute atomic E-state index is 12.4. The monoisotopic (exact) mass is 342 g/mol. The number of hydrogen-bond acceptors (Lipinski definition) is 3. The Balaban J connectivity index is 1.87. The molecule has 1 aliphatic carbocycles. The van der Waals surface area contributed by atoms with Gasteiger partial charge < -0.3 is 10.2 Å². The van der Waals surface area contributed by atoms with Gasteiger partial charge in [-0.3, -0.25) is 9.59 Å². The van der Waals surface area contributed by atoms with E-state index in [4.69, 9.17) is 0 Å². The number of nitrogens with one attached hydrogen (secondary N) is 1. The molecule has 19 heavy (non-hydrogen) atoms. The van der Waals surface area contributed by atoms with Gasteiger partial charge in [0.05, 0.1) is 6.54 Å². The zero-order chi connectivity index (χ0) is 13.6. The number of piperazine rings is 1. The van der Waals surface area contributed by atoms with E-state index in [0.717, 1.165) is 22.2 Å². The fourth-order valence-corrected chi connectivity index (χ4v) is 4.01. The van der Waals surface area contributed by atoms with E-state index in [1.54, 1.807) is 23.2 Å². The van der Waals surface area contributed by atoms with Gasteiger partial charge in [-0.05, 0) is 53.1 Å². The number of amides is 2. The maximum atomic E-state index is 12.4. The van der Waals surface area contributed by atoms with Gasteiger partial charge in [-0.1, -0.05) is 0 Å². The summed E-state index contributed by atoms with van der Waals surface area (Å²) < 4.78 is 1.01. The SMILES string of the molecule is CC1NC(=O)C(C2CC2)N(Cc2sccc2Br)C1=O. The van der Waals surface area contributed by atoms with Gasteiger partial charge in [0, 0.05) is 9.35 Å². The lowest BCUT2D eigenvalue weighted by Gasteiger charge is -2.38. The average molecular weight is 343 g/mol. The molecule has 102 valence electrons. The van der Waals surface area contributed by atoms with E-state index in [9.17, 15) is 9.59 Å². The molecule has 2 unspecified atom stereocenters. The molecule has 2 fully saturated rings. The normalized spacial score (nSPS) is 27.6. The molecule has 2 amide bonds. The molecule has 1 N–H and O–H groups in total. The molecule has 0 aromatic carbocycles. The molecular formula is C13H15BrN2O2S. The summed E-state index contributed by atoms with van der Waals surface area (Å²) in [6.07, 6.45) is 2.09. The first-order chi connectivity index (χ1) is 9.08. The van der Waals surface area contributed by atoms with Crippen LogP contribution in [0.25, 0.3) is 0 Å². The zero-order valence-corrected chi connectivity index (χ0v) is 13.0. The van der Waals surface area contributed by atoms with Crippen molar-refractivity contribution < 1.29 is 9.59 Å². The summed E-state index contributed by atoms with van der Waals surface area (Å²) in [5.41, 5.74) is 0. The number of carbonyl (C=O) groups excluding carboxylic acids is 2. The molecule has 4 nitrogen and oxygen atoms in total. The lowest BCUT2D eigenvalue weighted by atomic mass is 10.0. The first kappa shape index (κ1) is 13.1. The van der Waals surface area contributed by atoms with Crippen LogP contribution < -0.4 is 5.32 Å². The van der Waals surface area contributed by atoms with Crippen LogP contribution >= 0.6 is 27.3 Å². The Morgan fingerprint density at radius 3 is 2.79 bits per heavy atom. The summed E-state index contributed by atoms with van der Waals surface area (Å²) in [5.74, 6) is 0.370. The van der Waals surface area contributed by atoms with Crippen LogP contribution in [0.15, 0.2) is 15.9 Å². The predicted octanol–water partition coefficient (Wildman–Crippen LogP) is 2.14. The van der Waals surface area contributed by atoms with Crippen LogP contribution in [0, 0.1) is 5.92 Å². The van der Waals surface area contributed by atoms with Crippen molar-refractivity contribution in [2.45, 2.75) is 38.4 Å². The molecule has 6 heteroatoms. The van der Waals surface area contributed by atoms with Crippen molar-refractivity contribution in [1.82, 2.24) is 10.2 Å². The van der Waals surface area contributed by atoms with E-state index in [1.807, 2.05) is 11.4 Å². The molecule has 3 rings (SSSR count). The number of carbonyl (C=O) groups is 2. The van der Waals surface area contributed by atoms with Crippen molar-refractivity contribution in [3.63, 3.8) is 0 Å². The van der Waals surface area contributed by atoms with Gasteiger partial charge in [0.1, 0.15) is 12.1 Å². The van der Waals surface area contributed by atoms with Crippen molar-refractivity contribution in [2.75, 3.05) is 0 Å². The van der Waals surface area contributed by atoms with E-state index in [-0.39, 0.29) is 17.9 Å². The number of halogens is 1. The standard InChI is InChI=1S/C13H15BrN2O2S/c1-7-13(18)16(6-10-9(14)4-5-19-10)11(8-2-3-8)12(17)15-7/h4-5,7-8,11H,2-3,6H2,1H3,(H,15,17). The fraction of sp³-hybridized carbons (Fsp3) is 0.538. The summed E-state index contributed by atoms with van der Waals surface area (Å²) in [7, 11) is 0.